The summed E-state index contributed by atoms with van der Waals surface area (Å²) in [5, 5.41) is 10.8. The number of amides is 1. The van der Waals surface area contributed by atoms with Gasteiger partial charge >= 0.3 is 0 Å². The number of rotatable bonds is 6. The largest absolute Gasteiger partial charge is 0.351 e. The first-order valence-electron chi connectivity index (χ1n) is 5.41. The summed E-state index contributed by atoms with van der Waals surface area (Å²) < 4.78 is 22.8. The van der Waals surface area contributed by atoms with Crippen LogP contribution in [0.4, 0.5) is 0 Å². The Balaban J connectivity index is 2.41. The van der Waals surface area contributed by atoms with Gasteiger partial charge in [-0.05, 0) is 5.56 Å². The summed E-state index contributed by atoms with van der Waals surface area (Å²) in [6, 6.07) is 11.0. The molecule has 1 N–H and O–H groups in total. The van der Waals surface area contributed by atoms with E-state index in [0.29, 0.717) is 6.54 Å². The summed E-state index contributed by atoms with van der Waals surface area (Å²) in [7, 11) is -3.48. The molecule has 1 rings (SSSR count). The topological polar surface area (TPSA) is 87.0 Å². The molecule has 0 aromatic heterocycles. The smallest absolute Gasteiger partial charge is 0.235 e. The second-order valence-electron chi connectivity index (χ2n) is 3.76. The molecule has 0 spiro atoms. The summed E-state index contributed by atoms with van der Waals surface area (Å²) in [6.07, 6.45) is -0.0890. The Morgan fingerprint density at radius 3 is 2.56 bits per heavy atom. The molecule has 0 aliphatic heterocycles. The molecule has 0 heterocycles. The van der Waals surface area contributed by atoms with Crippen LogP contribution in [0.25, 0.3) is 0 Å². The van der Waals surface area contributed by atoms with Gasteiger partial charge in [0.1, 0.15) is 5.75 Å². The van der Waals surface area contributed by atoms with E-state index >= 15 is 0 Å². The fourth-order valence-corrected chi connectivity index (χ4v) is 2.37. The van der Waals surface area contributed by atoms with Crippen molar-refractivity contribution in [2.75, 3.05) is 11.5 Å². The van der Waals surface area contributed by atoms with E-state index in [1.807, 2.05) is 30.3 Å². The molecule has 6 heteroatoms. The van der Waals surface area contributed by atoms with Gasteiger partial charge in [0.15, 0.2) is 9.84 Å². The van der Waals surface area contributed by atoms with E-state index in [1.54, 1.807) is 6.07 Å². The Morgan fingerprint density at radius 2 is 1.94 bits per heavy atom. The fourth-order valence-electron chi connectivity index (χ4n) is 1.32. The van der Waals surface area contributed by atoms with E-state index in [2.05, 4.69) is 5.32 Å². The number of nitriles is 1. The van der Waals surface area contributed by atoms with Gasteiger partial charge < -0.3 is 5.32 Å². The van der Waals surface area contributed by atoms with E-state index in [1.165, 1.54) is 0 Å². The van der Waals surface area contributed by atoms with Crippen molar-refractivity contribution in [3.8, 4) is 6.07 Å². The van der Waals surface area contributed by atoms with Crippen molar-refractivity contribution in [2.45, 2.75) is 13.0 Å². The number of nitrogens with zero attached hydrogens (tertiary/aromatic N) is 1. The monoisotopic (exact) mass is 266 g/mol. The third-order valence-corrected chi connectivity index (χ3v) is 3.74. The predicted molar refractivity (Wildman–Crippen MR) is 67.2 cm³/mol. The van der Waals surface area contributed by atoms with Gasteiger partial charge in [0, 0.05) is 13.0 Å². The van der Waals surface area contributed by atoms with Crippen molar-refractivity contribution in [1.29, 1.82) is 5.26 Å². The first-order valence-corrected chi connectivity index (χ1v) is 7.23. The molecule has 5 nitrogen and oxygen atoms in total. The molecule has 0 bridgehead atoms. The summed E-state index contributed by atoms with van der Waals surface area (Å²) in [6.45, 7) is 0.299. The number of nitrogens with one attached hydrogen (secondary N) is 1. The first-order chi connectivity index (χ1) is 8.53. The number of carbonyl (C=O) groups excluding carboxylic acids is 1. The van der Waals surface area contributed by atoms with Crippen LogP contribution in [0.3, 0.4) is 0 Å². The summed E-state index contributed by atoms with van der Waals surface area (Å²) >= 11 is 0. The zero-order valence-corrected chi connectivity index (χ0v) is 10.6. The van der Waals surface area contributed by atoms with E-state index < -0.39 is 21.5 Å². The maximum absolute atomic E-state index is 11.4. The Hall–Kier alpha value is -1.87. The van der Waals surface area contributed by atoms with Crippen LogP contribution < -0.4 is 5.32 Å². The summed E-state index contributed by atoms with van der Waals surface area (Å²) in [5.74, 6) is -1.39. The van der Waals surface area contributed by atoms with Crippen LogP contribution in [0.2, 0.25) is 0 Å². The molecule has 0 atom stereocenters. The van der Waals surface area contributed by atoms with Gasteiger partial charge in [0.2, 0.25) is 5.91 Å². The molecule has 1 aromatic carbocycles. The zero-order chi connectivity index (χ0) is 13.4. The molecule has 96 valence electrons. The number of hydrogen-bond acceptors (Lipinski definition) is 4. The van der Waals surface area contributed by atoms with Crippen molar-refractivity contribution in [2.24, 2.45) is 0 Å². The van der Waals surface area contributed by atoms with Crippen molar-refractivity contribution < 1.29 is 13.2 Å². The SMILES string of the molecule is N#CCCS(=O)(=O)CC(=O)NCc1ccccc1. The minimum Gasteiger partial charge on any atom is -0.351 e. The molecule has 0 saturated carbocycles. The average Bonchev–Trinajstić information content (AvgIpc) is 2.35. The molecular weight excluding hydrogens is 252 g/mol. The Labute approximate surface area is 106 Å². The van der Waals surface area contributed by atoms with Gasteiger partial charge in [-0.15, -0.1) is 0 Å². The van der Waals surface area contributed by atoms with Gasteiger partial charge in [-0.25, -0.2) is 8.42 Å². The highest BCUT2D eigenvalue weighted by atomic mass is 32.2. The van der Waals surface area contributed by atoms with Crippen molar-refractivity contribution in [3.05, 3.63) is 35.9 Å². The first kappa shape index (κ1) is 14.2. The van der Waals surface area contributed by atoms with E-state index in [9.17, 15) is 13.2 Å². The number of sulfone groups is 1. The highest BCUT2D eigenvalue weighted by Gasteiger charge is 2.15. The summed E-state index contributed by atoms with van der Waals surface area (Å²) in [5.41, 5.74) is 0.903. The maximum Gasteiger partial charge on any atom is 0.235 e. The van der Waals surface area contributed by atoms with Crippen LogP contribution in [0.5, 0.6) is 0 Å². The molecule has 0 saturated heterocycles. The lowest BCUT2D eigenvalue weighted by atomic mass is 10.2. The van der Waals surface area contributed by atoms with Gasteiger partial charge in [-0.3, -0.25) is 4.79 Å². The van der Waals surface area contributed by atoms with Gasteiger partial charge in [0.05, 0.1) is 11.8 Å². The molecule has 0 unspecified atom stereocenters. The zero-order valence-electron chi connectivity index (χ0n) is 9.80. The van der Waals surface area contributed by atoms with Gasteiger partial charge in [-0.2, -0.15) is 5.26 Å². The standard InChI is InChI=1S/C12H14N2O3S/c13-7-4-8-18(16,17)10-12(15)14-9-11-5-2-1-3-6-11/h1-3,5-6H,4,8-10H2,(H,14,15). The van der Waals surface area contributed by atoms with E-state index in [4.69, 9.17) is 5.26 Å². The molecule has 0 aliphatic rings. The molecular formula is C12H14N2O3S. The third-order valence-electron chi connectivity index (χ3n) is 2.21. The molecule has 18 heavy (non-hydrogen) atoms. The molecule has 0 radical (unpaired) electrons. The average molecular weight is 266 g/mol. The van der Waals surface area contributed by atoms with Crippen LogP contribution in [0.1, 0.15) is 12.0 Å². The molecule has 0 fully saturated rings. The Kier molecular flexibility index (Phi) is 5.33. The lowest BCUT2D eigenvalue weighted by molar-refractivity contribution is -0.118. The van der Waals surface area contributed by atoms with E-state index in [0.717, 1.165) is 5.56 Å². The van der Waals surface area contributed by atoms with Gasteiger partial charge in [0.25, 0.3) is 0 Å². The Bertz CT molecular complexity index is 532. The predicted octanol–water partition coefficient (Wildman–Crippen LogP) is 0.631. The van der Waals surface area contributed by atoms with E-state index in [-0.39, 0.29) is 12.2 Å². The maximum atomic E-state index is 11.4. The lowest BCUT2D eigenvalue weighted by Crippen LogP contribution is -2.30. The third kappa shape index (κ3) is 5.46. The Morgan fingerprint density at radius 1 is 1.28 bits per heavy atom. The van der Waals surface area contributed by atoms with Crippen LogP contribution in [-0.2, 0) is 21.2 Å². The van der Waals surface area contributed by atoms with Crippen LogP contribution >= 0.6 is 0 Å². The van der Waals surface area contributed by atoms with Crippen LogP contribution in [-0.4, -0.2) is 25.8 Å². The highest BCUT2D eigenvalue weighted by Crippen LogP contribution is 1.98. The number of hydrogen-bond donors (Lipinski definition) is 1. The van der Waals surface area contributed by atoms with Crippen LogP contribution in [0, 0.1) is 11.3 Å². The molecule has 0 aliphatic carbocycles. The minimum atomic E-state index is -3.48. The second kappa shape index (κ2) is 6.77. The fraction of sp³-hybridized carbons (Fsp3) is 0.333. The van der Waals surface area contributed by atoms with Crippen LogP contribution in [0.15, 0.2) is 30.3 Å². The van der Waals surface area contributed by atoms with Crippen molar-refractivity contribution in [3.63, 3.8) is 0 Å². The number of carbonyl (C=O) groups is 1. The second-order valence-corrected chi connectivity index (χ2v) is 5.95. The minimum absolute atomic E-state index is 0.0890. The normalized spacial score (nSPS) is 10.6. The molecule has 1 aromatic rings. The van der Waals surface area contributed by atoms with Crippen molar-refractivity contribution in [1.82, 2.24) is 5.32 Å². The van der Waals surface area contributed by atoms with Crippen molar-refractivity contribution >= 4 is 15.7 Å². The van der Waals surface area contributed by atoms with Gasteiger partial charge in [-0.1, -0.05) is 30.3 Å². The molecule has 1 amide bonds. The highest BCUT2D eigenvalue weighted by molar-refractivity contribution is 7.92. The number of benzene rings is 1. The lowest BCUT2D eigenvalue weighted by Gasteiger charge is -2.05. The summed E-state index contributed by atoms with van der Waals surface area (Å²) in [4.78, 5) is 11.4. The quantitative estimate of drug-likeness (QED) is 0.818.